The van der Waals surface area contributed by atoms with E-state index in [0.717, 1.165) is 23.4 Å². The van der Waals surface area contributed by atoms with Crippen LogP contribution >= 0.6 is 24.0 Å². The molecule has 2 N–H and O–H groups in total. The van der Waals surface area contributed by atoms with Gasteiger partial charge in [0.25, 0.3) is 0 Å². The summed E-state index contributed by atoms with van der Waals surface area (Å²) in [5.41, 5.74) is 0.571. The Balaban J connectivity index is 0.00000480. The maximum Gasteiger partial charge on any atom is 0.246 e. The molecule has 31 heavy (non-hydrogen) atoms. The number of ether oxygens (including phenoxy) is 1. The van der Waals surface area contributed by atoms with E-state index in [-0.39, 0.29) is 30.5 Å². The zero-order chi connectivity index (χ0) is 22.1. The van der Waals surface area contributed by atoms with Crippen LogP contribution in [0.3, 0.4) is 0 Å². The molecule has 0 aromatic heterocycles. The van der Waals surface area contributed by atoms with E-state index in [1.54, 1.807) is 0 Å². The van der Waals surface area contributed by atoms with Crippen LogP contribution in [0.2, 0.25) is 0 Å². The van der Waals surface area contributed by atoms with Crippen molar-refractivity contribution in [1.29, 1.82) is 0 Å². The van der Waals surface area contributed by atoms with Crippen molar-refractivity contribution in [2.75, 3.05) is 32.1 Å². The molecule has 0 bridgehead atoms. The van der Waals surface area contributed by atoms with Crippen LogP contribution in [0.4, 0.5) is 18.9 Å². The second-order valence-electron chi connectivity index (χ2n) is 6.37. The Morgan fingerprint density at radius 3 is 2.35 bits per heavy atom. The van der Waals surface area contributed by atoms with Crippen LogP contribution in [0.1, 0.15) is 19.4 Å². The molecule has 2 rings (SSSR count). The van der Waals surface area contributed by atoms with Crippen molar-refractivity contribution >= 4 is 41.5 Å². The van der Waals surface area contributed by atoms with Crippen molar-refractivity contribution in [3.05, 3.63) is 59.4 Å². The standard InChI is InChI=1S/C21H25F3N4O2.HI/c1-4-25-21(28(3)13-14-6-8-15(9-7-14)30-5-2)26-12-18(29)27-17-11-10-16(22)19(23)20(17)24;/h6-11H,4-5,12-13H2,1-3H3,(H,25,26)(H,27,29);1H. The van der Waals surface area contributed by atoms with Crippen LogP contribution in [0.25, 0.3) is 0 Å². The zero-order valence-corrected chi connectivity index (χ0v) is 19.9. The normalized spacial score (nSPS) is 10.8. The van der Waals surface area contributed by atoms with Crippen molar-refractivity contribution < 1.29 is 22.7 Å². The van der Waals surface area contributed by atoms with Gasteiger partial charge < -0.3 is 20.3 Å². The van der Waals surface area contributed by atoms with Gasteiger partial charge in [-0.1, -0.05) is 12.1 Å². The second kappa shape index (κ2) is 13.0. The lowest BCUT2D eigenvalue weighted by atomic mass is 10.2. The number of carbonyl (C=O) groups excluding carboxylic acids is 1. The quantitative estimate of drug-likeness (QED) is 0.224. The van der Waals surface area contributed by atoms with E-state index >= 15 is 0 Å². The van der Waals surface area contributed by atoms with E-state index < -0.39 is 29.0 Å². The van der Waals surface area contributed by atoms with E-state index in [1.807, 2.05) is 50.1 Å². The van der Waals surface area contributed by atoms with Crippen LogP contribution in [0, 0.1) is 17.5 Å². The third-order valence-corrected chi connectivity index (χ3v) is 4.03. The molecule has 0 aliphatic heterocycles. The number of benzene rings is 2. The molecule has 0 aliphatic rings. The van der Waals surface area contributed by atoms with Gasteiger partial charge in [-0.25, -0.2) is 18.2 Å². The molecule has 0 unspecified atom stereocenters. The smallest absolute Gasteiger partial charge is 0.246 e. The van der Waals surface area contributed by atoms with Gasteiger partial charge in [0, 0.05) is 20.1 Å². The predicted octanol–water partition coefficient (Wildman–Crippen LogP) is 4.16. The highest BCUT2D eigenvalue weighted by Crippen LogP contribution is 2.19. The molecule has 10 heteroatoms. The van der Waals surface area contributed by atoms with Gasteiger partial charge in [-0.2, -0.15) is 0 Å². The lowest BCUT2D eigenvalue weighted by Crippen LogP contribution is -2.39. The first-order chi connectivity index (χ1) is 14.3. The molecule has 0 radical (unpaired) electrons. The largest absolute Gasteiger partial charge is 0.494 e. The monoisotopic (exact) mass is 550 g/mol. The van der Waals surface area contributed by atoms with Crippen molar-refractivity contribution in [2.45, 2.75) is 20.4 Å². The second-order valence-corrected chi connectivity index (χ2v) is 6.37. The Morgan fingerprint density at radius 2 is 1.74 bits per heavy atom. The summed E-state index contributed by atoms with van der Waals surface area (Å²) in [6.07, 6.45) is 0. The van der Waals surface area contributed by atoms with Gasteiger partial charge in [-0.05, 0) is 43.7 Å². The molecule has 0 spiro atoms. The lowest BCUT2D eigenvalue weighted by Gasteiger charge is -2.22. The number of guanidine groups is 1. The van der Waals surface area contributed by atoms with Gasteiger partial charge in [0.2, 0.25) is 5.91 Å². The summed E-state index contributed by atoms with van der Waals surface area (Å²) in [5.74, 6) is -3.83. The Labute approximate surface area is 196 Å². The number of aliphatic imine (C=N–C) groups is 1. The molecular weight excluding hydrogens is 524 g/mol. The van der Waals surface area contributed by atoms with Crippen LogP contribution in [0.15, 0.2) is 41.4 Å². The van der Waals surface area contributed by atoms with Crippen molar-refractivity contribution in [3.8, 4) is 5.75 Å². The van der Waals surface area contributed by atoms with Crippen molar-refractivity contribution in [1.82, 2.24) is 10.2 Å². The van der Waals surface area contributed by atoms with E-state index in [1.165, 1.54) is 0 Å². The molecule has 2 aromatic carbocycles. The van der Waals surface area contributed by atoms with Gasteiger partial charge in [0.15, 0.2) is 23.4 Å². The number of anilines is 1. The minimum atomic E-state index is -1.64. The third-order valence-electron chi connectivity index (χ3n) is 4.03. The van der Waals surface area contributed by atoms with Gasteiger partial charge >= 0.3 is 0 Å². The highest BCUT2D eigenvalue weighted by Gasteiger charge is 2.15. The van der Waals surface area contributed by atoms with Gasteiger partial charge in [-0.15, -0.1) is 24.0 Å². The first kappa shape index (κ1) is 26.5. The van der Waals surface area contributed by atoms with E-state index in [4.69, 9.17) is 4.74 Å². The summed E-state index contributed by atoms with van der Waals surface area (Å²) in [6.45, 7) is 5.17. The van der Waals surface area contributed by atoms with Crippen molar-refractivity contribution in [2.24, 2.45) is 4.99 Å². The summed E-state index contributed by atoms with van der Waals surface area (Å²) in [5, 5.41) is 5.26. The summed E-state index contributed by atoms with van der Waals surface area (Å²) < 4.78 is 45.4. The summed E-state index contributed by atoms with van der Waals surface area (Å²) >= 11 is 0. The molecule has 0 saturated carbocycles. The molecule has 170 valence electrons. The summed E-state index contributed by atoms with van der Waals surface area (Å²) in [6, 6.07) is 9.32. The number of amides is 1. The average molecular weight is 550 g/mol. The highest BCUT2D eigenvalue weighted by atomic mass is 127. The number of nitrogens with zero attached hydrogens (tertiary/aromatic N) is 2. The number of rotatable bonds is 8. The Bertz CT molecular complexity index is 895. The highest BCUT2D eigenvalue weighted by molar-refractivity contribution is 14.0. The molecule has 6 nitrogen and oxygen atoms in total. The molecule has 0 saturated heterocycles. The first-order valence-electron chi connectivity index (χ1n) is 9.50. The molecule has 1 amide bonds. The number of hydrogen-bond acceptors (Lipinski definition) is 3. The molecular formula is C21H26F3IN4O2. The van der Waals surface area contributed by atoms with Gasteiger partial charge in [0.05, 0.1) is 12.3 Å². The fourth-order valence-electron chi connectivity index (χ4n) is 2.64. The SMILES string of the molecule is CCNC(=NCC(=O)Nc1ccc(F)c(F)c1F)N(C)Cc1ccc(OCC)cc1.I. The molecule has 0 aliphatic carbocycles. The minimum Gasteiger partial charge on any atom is -0.494 e. The number of carbonyl (C=O) groups is 1. The summed E-state index contributed by atoms with van der Waals surface area (Å²) in [7, 11) is 1.81. The Morgan fingerprint density at radius 1 is 1.06 bits per heavy atom. The number of nitrogens with one attached hydrogen (secondary N) is 2. The van der Waals surface area contributed by atoms with Crippen molar-refractivity contribution in [3.63, 3.8) is 0 Å². The number of halogens is 4. The maximum absolute atomic E-state index is 13.7. The fraction of sp³-hybridized carbons (Fsp3) is 0.333. The minimum absolute atomic E-state index is 0. The van der Waals surface area contributed by atoms with Crippen LogP contribution in [0.5, 0.6) is 5.75 Å². The predicted molar refractivity (Wildman–Crippen MR) is 125 cm³/mol. The lowest BCUT2D eigenvalue weighted by molar-refractivity contribution is -0.114. The molecule has 0 heterocycles. The van der Waals surface area contributed by atoms with Gasteiger partial charge in [0.1, 0.15) is 12.3 Å². The average Bonchev–Trinajstić information content (AvgIpc) is 2.73. The topological polar surface area (TPSA) is 66.0 Å². The van der Waals surface area contributed by atoms with Crippen LogP contribution in [-0.2, 0) is 11.3 Å². The summed E-state index contributed by atoms with van der Waals surface area (Å²) in [4.78, 5) is 18.1. The Kier molecular flexibility index (Phi) is 11.2. The third kappa shape index (κ3) is 7.93. The van der Waals surface area contributed by atoms with E-state index in [9.17, 15) is 18.0 Å². The van der Waals surface area contributed by atoms with E-state index in [0.29, 0.717) is 25.7 Å². The Hall–Kier alpha value is -2.50. The zero-order valence-electron chi connectivity index (χ0n) is 17.5. The fourth-order valence-corrected chi connectivity index (χ4v) is 2.64. The van der Waals surface area contributed by atoms with Crippen LogP contribution in [-0.4, -0.2) is 43.5 Å². The molecule has 0 fully saturated rings. The molecule has 2 aromatic rings. The molecule has 0 atom stereocenters. The first-order valence-corrected chi connectivity index (χ1v) is 9.50. The number of hydrogen-bond donors (Lipinski definition) is 2. The van der Waals surface area contributed by atoms with Crippen LogP contribution < -0.4 is 15.4 Å². The van der Waals surface area contributed by atoms with E-state index in [2.05, 4.69) is 15.6 Å². The maximum atomic E-state index is 13.7. The van der Waals surface area contributed by atoms with Gasteiger partial charge in [-0.3, -0.25) is 4.79 Å².